The van der Waals surface area contributed by atoms with Crippen LogP contribution in [0, 0.1) is 0 Å². The van der Waals surface area contributed by atoms with Crippen LogP contribution >= 0.6 is 19.2 Å². The molecule has 1 aromatic rings. The average molecular weight is 329 g/mol. The Balaban J connectivity index is 3.11. The summed E-state index contributed by atoms with van der Waals surface area (Å²) in [6, 6.07) is 5.15. The van der Waals surface area contributed by atoms with Crippen molar-refractivity contribution in [1.82, 2.24) is 0 Å². The molecule has 0 aliphatic heterocycles. The summed E-state index contributed by atoms with van der Waals surface area (Å²) in [5, 5.41) is 10.1. The van der Waals surface area contributed by atoms with Crippen molar-refractivity contribution < 1.29 is 27.5 Å². The van der Waals surface area contributed by atoms with Crippen molar-refractivity contribution in [3.05, 3.63) is 34.9 Å². The second kappa shape index (κ2) is 6.96. The second-order valence-corrected chi connectivity index (χ2v) is 6.42. The largest absolute Gasteiger partial charge is 0.402 e. The van der Waals surface area contributed by atoms with E-state index in [2.05, 4.69) is 9.05 Å². The van der Waals surface area contributed by atoms with Gasteiger partial charge in [-0.05, 0) is 31.5 Å². The van der Waals surface area contributed by atoms with Crippen molar-refractivity contribution in [3.8, 4) is 0 Å². The van der Waals surface area contributed by atoms with Gasteiger partial charge >= 0.3 is 13.3 Å². The van der Waals surface area contributed by atoms with Crippen LogP contribution in [-0.4, -0.2) is 24.0 Å². The summed E-state index contributed by atoms with van der Waals surface area (Å²) in [5.41, 5.74) is -4.19. The lowest BCUT2D eigenvalue weighted by Gasteiger charge is -2.29. The Labute approximate surface area is 121 Å². The molecule has 1 rings (SSSR count). The van der Waals surface area contributed by atoms with Gasteiger partial charge in [-0.25, -0.2) is 0 Å². The lowest BCUT2D eigenvalue weighted by molar-refractivity contribution is -0.0676. The molecule has 0 saturated heterocycles. The molecule has 0 spiro atoms. The summed E-state index contributed by atoms with van der Waals surface area (Å²) in [5.74, 6) is 0. The fourth-order valence-electron chi connectivity index (χ4n) is 1.54. The standard InChI is InChI=1S/C12H16ClF2O4P/c1-3-18-20(17,19-4-2)12(14,15)11(16)9-5-7-10(13)8-6-9/h5-8,11,16H,3-4H2,1-2H3. The minimum Gasteiger partial charge on any atom is -0.381 e. The van der Waals surface area contributed by atoms with E-state index in [0.29, 0.717) is 5.02 Å². The van der Waals surface area contributed by atoms with Crippen molar-refractivity contribution in [2.75, 3.05) is 13.2 Å². The maximum Gasteiger partial charge on any atom is 0.402 e. The summed E-state index contributed by atoms with van der Waals surface area (Å²) >= 11 is 5.65. The average Bonchev–Trinajstić information content (AvgIpc) is 2.39. The zero-order valence-electron chi connectivity index (χ0n) is 11.1. The quantitative estimate of drug-likeness (QED) is 0.761. The minimum atomic E-state index is -4.77. The van der Waals surface area contributed by atoms with Gasteiger partial charge in [-0.2, -0.15) is 8.78 Å². The van der Waals surface area contributed by atoms with Gasteiger partial charge in [-0.15, -0.1) is 0 Å². The Morgan fingerprint density at radius 3 is 2.10 bits per heavy atom. The molecule has 0 fully saturated rings. The van der Waals surface area contributed by atoms with E-state index in [1.54, 1.807) is 0 Å². The summed E-state index contributed by atoms with van der Waals surface area (Å²) in [4.78, 5) is 0. The van der Waals surface area contributed by atoms with E-state index in [1.165, 1.54) is 38.1 Å². The van der Waals surface area contributed by atoms with Gasteiger partial charge in [0.1, 0.15) is 0 Å². The summed E-state index contributed by atoms with van der Waals surface area (Å²) < 4.78 is 49.8. The van der Waals surface area contributed by atoms with Crippen molar-refractivity contribution >= 4 is 19.2 Å². The number of halogens is 3. The molecule has 0 bridgehead atoms. The fourth-order valence-corrected chi connectivity index (χ4v) is 3.22. The van der Waals surface area contributed by atoms with E-state index in [4.69, 9.17) is 11.6 Å². The molecule has 0 radical (unpaired) electrons. The van der Waals surface area contributed by atoms with E-state index in [9.17, 15) is 18.5 Å². The van der Waals surface area contributed by atoms with Crippen LogP contribution in [0.4, 0.5) is 8.78 Å². The zero-order chi connectivity index (χ0) is 15.4. The molecule has 4 nitrogen and oxygen atoms in total. The molecule has 1 aromatic carbocycles. The molecule has 114 valence electrons. The van der Waals surface area contributed by atoms with Crippen molar-refractivity contribution in [3.63, 3.8) is 0 Å². The summed E-state index contributed by atoms with van der Waals surface area (Å²) in [6.07, 6.45) is -2.32. The molecule has 0 heterocycles. The first-order valence-corrected chi connectivity index (χ1v) is 7.91. The monoisotopic (exact) mass is 328 g/mol. The molecule has 0 aliphatic rings. The van der Waals surface area contributed by atoms with Crippen LogP contribution in [-0.2, 0) is 13.6 Å². The van der Waals surface area contributed by atoms with Crippen LogP contribution in [0.25, 0.3) is 0 Å². The number of aliphatic hydroxyl groups excluding tert-OH is 1. The van der Waals surface area contributed by atoms with Gasteiger partial charge in [0.05, 0.1) is 13.2 Å². The van der Waals surface area contributed by atoms with Crippen molar-refractivity contribution in [2.45, 2.75) is 25.6 Å². The molecule has 0 amide bonds. The number of alkyl halides is 2. The highest BCUT2D eigenvalue weighted by Gasteiger charge is 2.59. The SMILES string of the molecule is CCOP(=O)(OCC)C(F)(F)C(O)c1ccc(Cl)cc1. The molecule has 1 unspecified atom stereocenters. The van der Waals surface area contributed by atoms with Gasteiger partial charge in [-0.1, -0.05) is 23.7 Å². The molecular formula is C12H16ClF2O4P. The molecule has 0 aliphatic carbocycles. The van der Waals surface area contributed by atoms with Crippen molar-refractivity contribution in [1.29, 1.82) is 0 Å². The van der Waals surface area contributed by atoms with Crippen LogP contribution in [0.1, 0.15) is 25.5 Å². The fraction of sp³-hybridized carbons (Fsp3) is 0.500. The third-order valence-electron chi connectivity index (χ3n) is 2.48. The van der Waals surface area contributed by atoms with Crippen LogP contribution in [0.3, 0.4) is 0 Å². The minimum absolute atomic E-state index is 0.126. The summed E-state index contributed by atoms with van der Waals surface area (Å²) in [6.45, 7) is 2.38. The maximum atomic E-state index is 14.2. The maximum absolute atomic E-state index is 14.2. The first-order chi connectivity index (χ1) is 9.28. The van der Waals surface area contributed by atoms with E-state index in [1.807, 2.05) is 0 Å². The number of aliphatic hydroxyl groups is 1. The molecule has 1 N–H and O–H groups in total. The van der Waals surface area contributed by atoms with Gasteiger partial charge in [0.25, 0.3) is 0 Å². The normalized spacial score (nSPS) is 14.3. The lowest BCUT2D eigenvalue weighted by Crippen LogP contribution is -2.28. The van der Waals surface area contributed by atoms with E-state index < -0.39 is 19.4 Å². The third kappa shape index (κ3) is 3.57. The number of hydrogen-bond acceptors (Lipinski definition) is 4. The first kappa shape index (κ1) is 17.5. The van der Waals surface area contributed by atoms with E-state index in [-0.39, 0.29) is 18.8 Å². The predicted octanol–water partition coefficient (Wildman–Crippen LogP) is 4.23. The number of rotatable bonds is 7. The molecule has 20 heavy (non-hydrogen) atoms. The summed E-state index contributed by atoms with van der Waals surface area (Å²) in [7, 11) is -4.77. The first-order valence-electron chi connectivity index (χ1n) is 5.99. The van der Waals surface area contributed by atoms with Crippen LogP contribution in [0.2, 0.25) is 5.02 Å². The number of benzene rings is 1. The van der Waals surface area contributed by atoms with Gasteiger partial charge in [0, 0.05) is 5.02 Å². The predicted molar refractivity (Wildman–Crippen MR) is 72.2 cm³/mol. The highest BCUT2D eigenvalue weighted by Crippen LogP contribution is 2.66. The van der Waals surface area contributed by atoms with Gasteiger partial charge < -0.3 is 14.2 Å². The van der Waals surface area contributed by atoms with Crippen LogP contribution in [0.5, 0.6) is 0 Å². The topological polar surface area (TPSA) is 55.8 Å². The molecular weight excluding hydrogens is 313 g/mol. The Hall–Kier alpha value is -0.520. The van der Waals surface area contributed by atoms with Gasteiger partial charge in [0.15, 0.2) is 6.10 Å². The Bertz CT molecular complexity index is 471. The highest BCUT2D eigenvalue weighted by atomic mass is 35.5. The Morgan fingerprint density at radius 1 is 1.25 bits per heavy atom. The highest BCUT2D eigenvalue weighted by molar-refractivity contribution is 7.55. The molecule has 0 aromatic heterocycles. The Kier molecular flexibility index (Phi) is 6.10. The smallest absolute Gasteiger partial charge is 0.381 e. The van der Waals surface area contributed by atoms with Crippen LogP contribution < -0.4 is 0 Å². The molecule has 1 atom stereocenters. The van der Waals surface area contributed by atoms with Gasteiger partial charge in [-0.3, -0.25) is 4.57 Å². The Morgan fingerprint density at radius 2 is 1.70 bits per heavy atom. The molecule has 8 heteroatoms. The van der Waals surface area contributed by atoms with E-state index in [0.717, 1.165) is 0 Å². The zero-order valence-corrected chi connectivity index (χ0v) is 12.7. The molecule has 0 saturated carbocycles. The third-order valence-corrected chi connectivity index (χ3v) is 4.90. The van der Waals surface area contributed by atoms with Gasteiger partial charge in [0.2, 0.25) is 0 Å². The second-order valence-electron chi connectivity index (χ2n) is 3.87. The van der Waals surface area contributed by atoms with Crippen molar-refractivity contribution in [2.24, 2.45) is 0 Å². The lowest BCUT2D eigenvalue weighted by atomic mass is 10.1. The van der Waals surface area contributed by atoms with Crippen LogP contribution in [0.15, 0.2) is 24.3 Å². The van der Waals surface area contributed by atoms with E-state index >= 15 is 0 Å². The number of hydrogen-bond donors (Lipinski definition) is 1.